The number of fused-ring (bicyclic) bond motifs is 1. The van der Waals surface area contributed by atoms with Crippen LogP contribution in [0.25, 0.3) is 10.9 Å². The number of para-hydroxylation sites is 1. The van der Waals surface area contributed by atoms with Crippen LogP contribution in [0, 0.1) is 0 Å². The molecule has 94 valence electrons. The fourth-order valence-corrected chi connectivity index (χ4v) is 3.03. The first kappa shape index (κ1) is 11.5. The maximum atomic E-state index is 12.1. The number of pyridine rings is 1. The molecule has 2 heteroatoms. The highest BCUT2D eigenvalue weighted by atomic mass is 16.1. The monoisotopic (exact) mass is 241 g/mol. The minimum Gasteiger partial charge on any atom is -0.358 e. The molecule has 0 atom stereocenters. The van der Waals surface area contributed by atoms with Gasteiger partial charge in [-0.05, 0) is 30.9 Å². The molecule has 0 unspecified atom stereocenters. The summed E-state index contributed by atoms with van der Waals surface area (Å²) in [5.74, 6) is 0.546. The smallest absolute Gasteiger partial charge is 0.189 e. The van der Waals surface area contributed by atoms with Crippen LogP contribution in [0.3, 0.4) is 0 Å². The second-order valence-corrected chi connectivity index (χ2v) is 5.32. The molecule has 2 nitrogen and oxygen atoms in total. The Labute approximate surface area is 107 Å². The third kappa shape index (κ3) is 2.20. The zero-order valence-corrected chi connectivity index (χ0v) is 10.6. The van der Waals surface area contributed by atoms with E-state index in [9.17, 15) is 4.79 Å². The van der Waals surface area contributed by atoms with Gasteiger partial charge < -0.3 is 4.98 Å². The number of aromatic amines is 1. The fraction of sp³-hybridized carbons (Fsp3) is 0.438. The number of benzene rings is 1. The number of hydrogen-bond acceptors (Lipinski definition) is 1. The lowest BCUT2D eigenvalue weighted by molar-refractivity contribution is 0.579. The molecule has 1 N–H and O–H groups in total. The van der Waals surface area contributed by atoms with E-state index in [2.05, 4.69) is 4.98 Å². The zero-order chi connectivity index (χ0) is 12.4. The summed E-state index contributed by atoms with van der Waals surface area (Å²) >= 11 is 0. The predicted molar refractivity (Wildman–Crippen MR) is 75.0 cm³/mol. The Bertz CT molecular complexity index is 591. The van der Waals surface area contributed by atoms with Crippen LogP contribution in [0.5, 0.6) is 0 Å². The van der Waals surface area contributed by atoms with Crippen LogP contribution in [0.2, 0.25) is 0 Å². The zero-order valence-electron chi connectivity index (χ0n) is 10.6. The molecule has 0 aliphatic heterocycles. The van der Waals surface area contributed by atoms with Crippen molar-refractivity contribution in [2.24, 2.45) is 0 Å². The maximum Gasteiger partial charge on any atom is 0.189 e. The number of hydrogen-bond donors (Lipinski definition) is 1. The number of rotatable bonds is 1. The van der Waals surface area contributed by atoms with Gasteiger partial charge in [-0.1, -0.05) is 37.8 Å². The predicted octanol–water partition coefficient (Wildman–Crippen LogP) is 3.97. The molecule has 1 aromatic heterocycles. The summed E-state index contributed by atoms with van der Waals surface area (Å²) in [7, 11) is 0. The van der Waals surface area contributed by atoms with Gasteiger partial charge in [-0.2, -0.15) is 0 Å². The molecule has 1 aromatic carbocycles. The summed E-state index contributed by atoms with van der Waals surface area (Å²) in [6.07, 6.45) is 7.70. The number of H-pyrrole nitrogens is 1. The van der Waals surface area contributed by atoms with Crippen LogP contribution < -0.4 is 5.43 Å². The molecular formula is C16H19NO. The van der Waals surface area contributed by atoms with Crippen molar-refractivity contribution < 1.29 is 0 Å². The first-order valence-corrected chi connectivity index (χ1v) is 6.96. The Balaban J connectivity index is 2.04. The van der Waals surface area contributed by atoms with Gasteiger partial charge in [0.05, 0.1) is 0 Å². The molecule has 1 aliphatic carbocycles. The summed E-state index contributed by atoms with van der Waals surface area (Å²) in [4.78, 5) is 15.6. The molecule has 0 amide bonds. The Morgan fingerprint density at radius 1 is 1.00 bits per heavy atom. The molecule has 3 rings (SSSR count). The van der Waals surface area contributed by atoms with Crippen LogP contribution in [0.15, 0.2) is 35.1 Å². The van der Waals surface area contributed by atoms with E-state index in [1.165, 1.54) is 38.5 Å². The Morgan fingerprint density at radius 2 is 1.72 bits per heavy atom. The molecule has 1 fully saturated rings. The van der Waals surface area contributed by atoms with Gasteiger partial charge in [-0.3, -0.25) is 4.79 Å². The van der Waals surface area contributed by atoms with Crippen LogP contribution in [-0.2, 0) is 0 Å². The van der Waals surface area contributed by atoms with Gasteiger partial charge in [0.2, 0.25) is 0 Å². The van der Waals surface area contributed by atoms with Crippen LogP contribution in [-0.4, -0.2) is 4.98 Å². The Morgan fingerprint density at radius 3 is 2.50 bits per heavy atom. The molecule has 2 aromatic rings. The fourth-order valence-electron chi connectivity index (χ4n) is 3.03. The molecule has 18 heavy (non-hydrogen) atoms. The Kier molecular flexibility index (Phi) is 3.18. The highest BCUT2D eigenvalue weighted by Crippen LogP contribution is 2.30. The summed E-state index contributed by atoms with van der Waals surface area (Å²) in [5, 5.41) is 0.801. The molecule has 0 radical (unpaired) electrons. The van der Waals surface area contributed by atoms with Crippen LogP contribution in [0.1, 0.15) is 50.1 Å². The molecule has 0 bridgehead atoms. The molecule has 0 saturated heterocycles. The standard InChI is InChI=1S/C16H19NO/c18-16-11-15(12-7-3-1-2-4-8-12)17-14-10-6-5-9-13(14)16/h5-6,9-12H,1-4,7-8H2,(H,17,18). The lowest BCUT2D eigenvalue weighted by atomic mass is 9.95. The second-order valence-electron chi connectivity index (χ2n) is 5.32. The molecule has 1 heterocycles. The lowest BCUT2D eigenvalue weighted by Gasteiger charge is -2.14. The van der Waals surface area contributed by atoms with Crippen molar-refractivity contribution in [2.75, 3.05) is 0 Å². The van der Waals surface area contributed by atoms with Gasteiger partial charge >= 0.3 is 0 Å². The van der Waals surface area contributed by atoms with Crippen LogP contribution in [0.4, 0.5) is 0 Å². The topological polar surface area (TPSA) is 32.9 Å². The van der Waals surface area contributed by atoms with E-state index in [4.69, 9.17) is 0 Å². The Hall–Kier alpha value is -1.57. The summed E-state index contributed by atoms with van der Waals surface area (Å²) in [6, 6.07) is 9.61. The third-order valence-electron chi connectivity index (χ3n) is 4.05. The molecule has 1 saturated carbocycles. The lowest BCUT2D eigenvalue weighted by Crippen LogP contribution is -2.08. The van der Waals surface area contributed by atoms with Crippen molar-refractivity contribution in [3.63, 3.8) is 0 Å². The second kappa shape index (κ2) is 4.97. The van der Waals surface area contributed by atoms with Gasteiger partial charge in [0.25, 0.3) is 0 Å². The van der Waals surface area contributed by atoms with E-state index >= 15 is 0 Å². The van der Waals surface area contributed by atoms with E-state index < -0.39 is 0 Å². The minimum absolute atomic E-state index is 0.156. The quantitative estimate of drug-likeness (QED) is 0.753. The number of aromatic nitrogens is 1. The highest BCUT2D eigenvalue weighted by Gasteiger charge is 2.16. The summed E-state index contributed by atoms with van der Waals surface area (Å²) in [6.45, 7) is 0. The largest absolute Gasteiger partial charge is 0.358 e. The van der Waals surface area contributed by atoms with Crippen molar-refractivity contribution in [1.82, 2.24) is 4.98 Å². The average Bonchev–Trinajstić information content (AvgIpc) is 2.67. The summed E-state index contributed by atoms with van der Waals surface area (Å²) in [5.41, 5.74) is 2.27. The van der Waals surface area contributed by atoms with E-state index in [1.807, 2.05) is 30.3 Å². The summed E-state index contributed by atoms with van der Waals surface area (Å²) < 4.78 is 0. The first-order valence-electron chi connectivity index (χ1n) is 6.96. The first-order chi connectivity index (χ1) is 8.84. The maximum absolute atomic E-state index is 12.1. The van der Waals surface area contributed by atoms with Gasteiger partial charge in [0, 0.05) is 22.7 Å². The highest BCUT2D eigenvalue weighted by molar-refractivity contribution is 5.78. The molecule has 1 aliphatic rings. The third-order valence-corrected chi connectivity index (χ3v) is 4.05. The SMILES string of the molecule is O=c1cc(C2CCCCCC2)[nH]c2ccccc12. The van der Waals surface area contributed by atoms with E-state index in [1.54, 1.807) is 0 Å². The van der Waals surface area contributed by atoms with E-state index in [0.29, 0.717) is 5.92 Å². The van der Waals surface area contributed by atoms with Crippen molar-refractivity contribution in [2.45, 2.75) is 44.4 Å². The van der Waals surface area contributed by atoms with Crippen molar-refractivity contribution in [3.05, 3.63) is 46.2 Å². The van der Waals surface area contributed by atoms with E-state index in [0.717, 1.165) is 16.6 Å². The van der Waals surface area contributed by atoms with Crippen molar-refractivity contribution >= 4 is 10.9 Å². The van der Waals surface area contributed by atoms with Gasteiger partial charge in [0.1, 0.15) is 0 Å². The minimum atomic E-state index is 0.156. The van der Waals surface area contributed by atoms with Gasteiger partial charge in [0.15, 0.2) is 5.43 Å². The normalized spacial score (nSPS) is 17.8. The van der Waals surface area contributed by atoms with E-state index in [-0.39, 0.29) is 5.43 Å². The van der Waals surface area contributed by atoms with Crippen LogP contribution >= 0.6 is 0 Å². The van der Waals surface area contributed by atoms with Gasteiger partial charge in [-0.25, -0.2) is 0 Å². The molecule has 0 spiro atoms. The van der Waals surface area contributed by atoms with Gasteiger partial charge in [-0.15, -0.1) is 0 Å². The van der Waals surface area contributed by atoms with Crippen molar-refractivity contribution in [3.8, 4) is 0 Å². The molecular weight excluding hydrogens is 222 g/mol. The van der Waals surface area contributed by atoms with Crippen molar-refractivity contribution in [1.29, 1.82) is 0 Å². The average molecular weight is 241 g/mol. The number of nitrogens with one attached hydrogen (secondary N) is 1.